The third-order valence-electron chi connectivity index (χ3n) is 3.68. The fourth-order valence-corrected chi connectivity index (χ4v) is 4.80. The Bertz CT molecular complexity index is 631. The zero-order valence-electron chi connectivity index (χ0n) is 11.2. The molecule has 8 heteroatoms. The Morgan fingerprint density at radius 2 is 1.86 bits per heavy atom. The number of rotatable bonds is 5. The van der Waals surface area contributed by atoms with Crippen LogP contribution in [0.5, 0.6) is 5.75 Å². The summed E-state index contributed by atoms with van der Waals surface area (Å²) in [6, 6.07) is 3.27. The molecule has 1 saturated carbocycles. The molecule has 0 bridgehead atoms. The summed E-state index contributed by atoms with van der Waals surface area (Å²) in [5.74, 6) is 0.382. The van der Waals surface area contributed by atoms with Crippen molar-refractivity contribution in [3.8, 4) is 5.75 Å². The lowest BCUT2D eigenvalue weighted by Gasteiger charge is -2.28. The molecule has 0 heterocycles. The van der Waals surface area contributed by atoms with E-state index in [0.29, 0.717) is 20.3 Å². The van der Waals surface area contributed by atoms with E-state index in [1.165, 1.54) is 0 Å². The van der Waals surface area contributed by atoms with Crippen molar-refractivity contribution >= 4 is 49.2 Å². The Morgan fingerprint density at radius 1 is 1.24 bits per heavy atom. The van der Waals surface area contributed by atoms with Crippen LogP contribution >= 0.6 is 39.1 Å². The van der Waals surface area contributed by atoms with Crippen LogP contribution < -0.4 is 9.88 Å². The van der Waals surface area contributed by atoms with Crippen LogP contribution in [0, 0.1) is 5.41 Å². The van der Waals surface area contributed by atoms with Crippen molar-refractivity contribution in [3.05, 3.63) is 26.7 Å². The first-order chi connectivity index (χ1) is 9.71. The highest BCUT2D eigenvalue weighted by atomic mass is 79.9. The summed E-state index contributed by atoms with van der Waals surface area (Å²) in [5, 5.41) is 6.12. The number of hydrogen-bond acceptors (Lipinski definition) is 3. The number of primary sulfonamides is 1. The van der Waals surface area contributed by atoms with Gasteiger partial charge in [-0.05, 0) is 34.8 Å². The number of hydrogen-bond donors (Lipinski definition) is 1. The van der Waals surface area contributed by atoms with Gasteiger partial charge in [-0.25, -0.2) is 13.6 Å². The van der Waals surface area contributed by atoms with Gasteiger partial charge in [0.05, 0.1) is 22.4 Å². The minimum Gasteiger partial charge on any atom is -0.491 e. The predicted octanol–water partition coefficient (Wildman–Crippen LogP) is 3.98. The van der Waals surface area contributed by atoms with Crippen LogP contribution in [-0.4, -0.2) is 20.8 Å². The molecule has 0 saturated heterocycles. The van der Waals surface area contributed by atoms with Gasteiger partial charge >= 0.3 is 0 Å². The molecule has 0 amide bonds. The number of ether oxygens (including phenoxy) is 1. The maximum atomic E-state index is 11.4. The highest BCUT2D eigenvalue weighted by Gasteiger charge is 2.38. The van der Waals surface area contributed by atoms with Crippen LogP contribution in [0.4, 0.5) is 0 Å². The van der Waals surface area contributed by atoms with Crippen molar-refractivity contribution in [2.75, 3.05) is 12.4 Å². The Morgan fingerprint density at radius 3 is 2.43 bits per heavy atom. The van der Waals surface area contributed by atoms with Gasteiger partial charge in [-0.1, -0.05) is 36.0 Å². The lowest BCUT2D eigenvalue weighted by Crippen LogP contribution is -2.36. The van der Waals surface area contributed by atoms with E-state index in [4.69, 9.17) is 33.1 Å². The van der Waals surface area contributed by atoms with Crippen molar-refractivity contribution in [1.29, 1.82) is 0 Å². The van der Waals surface area contributed by atoms with E-state index in [-0.39, 0.29) is 12.4 Å². The van der Waals surface area contributed by atoms with E-state index in [2.05, 4.69) is 15.9 Å². The summed E-state index contributed by atoms with van der Waals surface area (Å²) < 4.78 is 29.3. The van der Waals surface area contributed by atoms with Crippen molar-refractivity contribution < 1.29 is 13.2 Å². The van der Waals surface area contributed by atoms with Gasteiger partial charge in [0.1, 0.15) is 5.75 Å². The average Bonchev–Trinajstić information content (AvgIpc) is 2.79. The minimum atomic E-state index is -3.54. The van der Waals surface area contributed by atoms with Gasteiger partial charge in [0.25, 0.3) is 0 Å². The number of sulfonamides is 1. The molecule has 0 aliphatic heterocycles. The van der Waals surface area contributed by atoms with Crippen LogP contribution in [-0.2, 0) is 10.0 Å². The van der Waals surface area contributed by atoms with E-state index in [1.807, 2.05) is 0 Å². The maximum absolute atomic E-state index is 11.4. The van der Waals surface area contributed by atoms with Crippen molar-refractivity contribution in [2.45, 2.75) is 25.7 Å². The molecular formula is C13H16BrCl2NO3S. The Kier molecular flexibility index (Phi) is 5.47. The topological polar surface area (TPSA) is 69.4 Å². The molecule has 1 fully saturated rings. The second kappa shape index (κ2) is 6.62. The molecule has 21 heavy (non-hydrogen) atoms. The Balaban J connectivity index is 2.14. The molecule has 2 N–H and O–H groups in total. The normalized spacial score (nSPS) is 17.9. The van der Waals surface area contributed by atoms with Crippen molar-refractivity contribution in [1.82, 2.24) is 0 Å². The van der Waals surface area contributed by atoms with E-state index in [0.717, 1.165) is 25.7 Å². The number of benzene rings is 1. The second-order valence-electron chi connectivity index (χ2n) is 5.50. The van der Waals surface area contributed by atoms with Gasteiger partial charge in [-0.2, -0.15) is 0 Å². The second-order valence-corrected chi connectivity index (χ2v) is 8.78. The van der Waals surface area contributed by atoms with Gasteiger partial charge in [-0.3, -0.25) is 0 Å². The van der Waals surface area contributed by atoms with Crippen LogP contribution in [0.25, 0.3) is 0 Å². The molecule has 1 aliphatic carbocycles. The molecule has 0 radical (unpaired) electrons. The lowest BCUT2D eigenvalue weighted by atomic mass is 9.90. The lowest BCUT2D eigenvalue weighted by molar-refractivity contribution is 0.170. The van der Waals surface area contributed by atoms with Crippen molar-refractivity contribution in [2.24, 2.45) is 10.6 Å². The van der Waals surface area contributed by atoms with E-state index >= 15 is 0 Å². The zero-order chi connectivity index (χ0) is 15.7. The molecule has 2 rings (SSSR count). The maximum Gasteiger partial charge on any atom is 0.209 e. The fraction of sp³-hybridized carbons (Fsp3) is 0.538. The van der Waals surface area contributed by atoms with Gasteiger partial charge < -0.3 is 4.74 Å². The van der Waals surface area contributed by atoms with E-state index in [1.54, 1.807) is 12.1 Å². The largest absolute Gasteiger partial charge is 0.491 e. The summed E-state index contributed by atoms with van der Waals surface area (Å²) in [6.07, 6.45) is 3.53. The molecule has 4 nitrogen and oxygen atoms in total. The monoisotopic (exact) mass is 415 g/mol. The van der Waals surface area contributed by atoms with E-state index < -0.39 is 15.4 Å². The Labute approximate surface area is 143 Å². The first-order valence-electron chi connectivity index (χ1n) is 6.49. The van der Waals surface area contributed by atoms with Gasteiger partial charge in [0, 0.05) is 16.0 Å². The molecular weight excluding hydrogens is 401 g/mol. The third-order valence-corrected chi connectivity index (χ3v) is 6.19. The average molecular weight is 417 g/mol. The fourth-order valence-electron chi connectivity index (χ4n) is 2.73. The third kappa shape index (κ3) is 4.73. The zero-order valence-corrected chi connectivity index (χ0v) is 15.2. The molecule has 0 unspecified atom stereocenters. The molecule has 0 spiro atoms. The molecule has 118 valence electrons. The minimum absolute atomic E-state index is 0.0676. The summed E-state index contributed by atoms with van der Waals surface area (Å²) in [6.45, 7) is 0.265. The number of halogens is 3. The smallest absolute Gasteiger partial charge is 0.209 e. The first kappa shape index (κ1) is 17.3. The van der Waals surface area contributed by atoms with Gasteiger partial charge in [-0.15, -0.1) is 0 Å². The van der Waals surface area contributed by atoms with Gasteiger partial charge in [0.15, 0.2) is 0 Å². The molecule has 1 aromatic carbocycles. The quantitative estimate of drug-likeness (QED) is 0.737. The van der Waals surface area contributed by atoms with Crippen LogP contribution in [0.3, 0.4) is 0 Å². The molecule has 0 aromatic heterocycles. The molecule has 1 aliphatic rings. The number of nitrogens with two attached hydrogens (primary N) is 1. The van der Waals surface area contributed by atoms with E-state index in [9.17, 15) is 8.42 Å². The van der Waals surface area contributed by atoms with Crippen LogP contribution in [0.15, 0.2) is 16.6 Å². The highest BCUT2D eigenvalue weighted by molar-refractivity contribution is 9.10. The van der Waals surface area contributed by atoms with Crippen LogP contribution in [0.2, 0.25) is 10.0 Å². The highest BCUT2D eigenvalue weighted by Crippen LogP contribution is 2.41. The summed E-state index contributed by atoms with van der Waals surface area (Å²) in [5.41, 5.74) is -0.434. The van der Waals surface area contributed by atoms with Crippen molar-refractivity contribution in [3.63, 3.8) is 0 Å². The first-order valence-corrected chi connectivity index (χ1v) is 9.75. The summed E-state index contributed by atoms with van der Waals surface area (Å²) in [4.78, 5) is 0. The summed E-state index contributed by atoms with van der Waals surface area (Å²) in [7, 11) is -3.54. The predicted molar refractivity (Wildman–Crippen MR) is 88.5 cm³/mol. The Hall–Kier alpha value is -0.0100. The summed E-state index contributed by atoms with van der Waals surface area (Å²) >= 11 is 15.4. The molecule has 1 aromatic rings. The SMILES string of the molecule is NS(=O)(=O)CC1(COc2cc(Cl)c(Br)cc2Cl)CCCC1. The van der Waals surface area contributed by atoms with Gasteiger partial charge in [0.2, 0.25) is 10.0 Å². The standard InChI is InChI=1S/C13H16BrCl2NO3S/c14-9-5-11(16)12(6-10(9)15)20-7-13(3-1-2-4-13)8-21(17,18)19/h5-6H,1-4,7-8H2,(H2,17,18,19). The molecule has 0 atom stereocenters. The van der Waals surface area contributed by atoms with Crippen LogP contribution in [0.1, 0.15) is 25.7 Å².